The number of amides is 2. The molecule has 0 saturated carbocycles. The molecule has 4 aromatic rings. The molecule has 1 fully saturated rings. The van der Waals surface area contributed by atoms with E-state index in [1.807, 2.05) is 24.3 Å². The zero-order valence-electron chi connectivity index (χ0n) is 25.9. The summed E-state index contributed by atoms with van der Waals surface area (Å²) in [6, 6.07) is 17.2. The highest BCUT2D eigenvalue weighted by Crippen LogP contribution is 2.31. The van der Waals surface area contributed by atoms with Crippen molar-refractivity contribution in [2.75, 3.05) is 13.6 Å². The molecule has 0 atom stereocenters. The third-order valence-electron chi connectivity index (χ3n) is 7.87. The number of hydrogen-bond donors (Lipinski definition) is 0. The van der Waals surface area contributed by atoms with Gasteiger partial charge in [-0.25, -0.2) is 9.59 Å². The number of ether oxygens (including phenoxy) is 1. The average Bonchev–Trinajstić information content (AvgIpc) is 3.31. The largest absolute Gasteiger partial charge is 0.422 e. The number of carbonyl (C=O) groups excluding carboxylic acids is 4. The summed E-state index contributed by atoms with van der Waals surface area (Å²) in [5.41, 5.74) is 4.71. The van der Waals surface area contributed by atoms with E-state index in [9.17, 15) is 19.2 Å². The normalized spacial score (nSPS) is 13.4. The number of hydroxylamine groups is 2. The molecule has 0 unspecified atom stereocenters. The molecule has 0 N–H and O–H groups in total. The highest BCUT2D eigenvalue weighted by molar-refractivity contribution is 6.13. The van der Waals surface area contributed by atoms with Crippen molar-refractivity contribution >= 4 is 45.6 Å². The van der Waals surface area contributed by atoms with Crippen molar-refractivity contribution in [2.24, 2.45) is 0 Å². The van der Waals surface area contributed by atoms with Crippen LogP contribution in [-0.2, 0) is 27.5 Å². The molecule has 0 aliphatic carbocycles. The number of esters is 1. The van der Waals surface area contributed by atoms with Crippen LogP contribution in [0.25, 0.3) is 21.8 Å². The second-order valence-electron chi connectivity index (χ2n) is 11.4. The lowest BCUT2D eigenvalue weighted by Gasteiger charge is -2.17. The third-order valence-corrected chi connectivity index (χ3v) is 7.87. The minimum Gasteiger partial charge on any atom is -0.422 e. The highest BCUT2D eigenvalue weighted by atomic mass is 16.7. The molecule has 0 spiro atoms. The van der Waals surface area contributed by atoms with Crippen molar-refractivity contribution < 1.29 is 33.3 Å². The lowest BCUT2D eigenvalue weighted by Crippen LogP contribution is -2.36. The van der Waals surface area contributed by atoms with Crippen LogP contribution in [-0.4, -0.2) is 47.3 Å². The molecule has 0 bridgehead atoms. The van der Waals surface area contributed by atoms with Crippen LogP contribution in [0.5, 0.6) is 5.75 Å². The van der Waals surface area contributed by atoms with Gasteiger partial charge in [-0.2, -0.15) is 4.57 Å². The molecule has 1 aromatic heterocycles. The number of aryl methyl sites for hydroxylation is 3. The Kier molecular flexibility index (Phi) is 9.06. The van der Waals surface area contributed by atoms with Crippen LogP contribution in [0, 0.1) is 13.8 Å². The first-order valence-corrected chi connectivity index (χ1v) is 15.1. The van der Waals surface area contributed by atoms with Gasteiger partial charge in [-0.3, -0.25) is 9.59 Å². The summed E-state index contributed by atoms with van der Waals surface area (Å²) >= 11 is 0. The van der Waals surface area contributed by atoms with Crippen LogP contribution >= 0.6 is 0 Å². The van der Waals surface area contributed by atoms with Gasteiger partial charge < -0.3 is 14.5 Å². The summed E-state index contributed by atoms with van der Waals surface area (Å²) in [5.74, 6) is -2.10. The Morgan fingerprint density at radius 3 is 2.18 bits per heavy atom. The number of pyridine rings is 1. The lowest BCUT2D eigenvalue weighted by atomic mass is 9.99. The highest BCUT2D eigenvalue weighted by Gasteiger charge is 2.33. The minimum atomic E-state index is -0.834. The fourth-order valence-corrected chi connectivity index (χ4v) is 5.94. The smallest absolute Gasteiger partial charge is 0.363 e. The Labute approximate surface area is 256 Å². The number of imide groups is 1. The van der Waals surface area contributed by atoms with Gasteiger partial charge >= 0.3 is 11.9 Å². The first kappa shape index (κ1) is 30.8. The Hall–Kier alpha value is -4.63. The van der Waals surface area contributed by atoms with Gasteiger partial charge in [-0.15, -0.1) is 5.06 Å². The summed E-state index contributed by atoms with van der Waals surface area (Å²) in [7, 11) is 2.09. The SMILES string of the molecule is CCCN(C)Cc1ccc2c(c1)c(C(=O)Oc1c(C)cc(C(=O)ON3C(=O)CCC3=O)cc1C)c1ccccc1[n+]2CCC. The number of benzene rings is 3. The molecule has 9 heteroatoms. The molecule has 9 nitrogen and oxygen atoms in total. The molecule has 228 valence electrons. The Morgan fingerprint density at radius 2 is 1.52 bits per heavy atom. The molecule has 3 aromatic carbocycles. The fourth-order valence-electron chi connectivity index (χ4n) is 5.94. The Bertz CT molecular complexity index is 1760. The first-order chi connectivity index (χ1) is 21.1. The van der Waals surface area contributed by atoms with Crippen molar-refractivity contribution in [3.63, 3.8) is 0 Å². The average molecular weight is 597 g/mol. The van der Waals surface area contributed by atoms with Gasteiger partial charge in [0.15, 0.2) is 0 Å². The van der Waals surface area contributed by atoms with Gasteiger partial charge in [0.25, 0.3) is 11.8 Å². The van der Waals surface area contributed by atoms with Gasteiger partial charge in [0.2, 0.25) is 11.0 Å². The first-order valence-electron chi connectivity index (χ1n) is 15.1. The molecule has 44 heavy (non-hydrogen) atoms. The Morgan fingerprint density at radius 1 is 0.864 bits per heavy atom. The number of aromatic nitrogens is 1. The van der Waals surface area contributed by atoms with E-state index in [1.165, 1.54) is 12.1 Å². The van der Waals surface area contributed by atoms with E-state index in [1.54, 1.807) is 13.8 Å². The maximum atomic E-state index is 14.2. The third kappa shape index (κ3) is 6.05. The summed E-state index contributed by atoms with van der Waals surface area (Å²) < 4.78 is 8.37. The monoisotopic (exact) mass is 596 g/mol. The van der Waals surface area contributed by atoms with Gasteiger partial charge in [-0.05, 0) is 74.8 Å². The summed E-state index contributed by atoms with van der Waals surface area (Å²) in [6.45, 7) is 10.3. The molecule has 2 amide bonds. The van der Waals surface area contributed by atoms with E-state index in [-0.39, 0.29) is 18.4 Å². The number of carbonyl (C=O) groups is 4. The minimum absolute atomic E-state index is 0.0112. The van der Waals surface area contributed by atoms with Crippen LogP contribution in [0.2, 0.25) is 0 Å². The standard InChI is InChI=1S/C35H38N3O6/c1-6-16-36(5)21-24-12-13-29-27(20-24)32(26-10-8-9-11-28(26)37(29)17-7-2)35(42)43-33-22(3)18-25(19-23(33)4)34(41)44-38-30(39)14-15-31(38)40/h8-13,18-20H,6-7,14-17,21H2,1-5H3/q+1. The van der Waals surface area contributed by atoms with Gasteiger partial charge in [-0.1, -0.05) is 32.0 Å². The van der Waals surface area contributed by atoms with E-state index >= 15 is 0 Å². The molecule has 2 heterocycles. The zero-order valence-corrected chi connectivity index (χ0v) is 25.9. The van der Waals surface area contributed by atoms with Crippen LogP contribution in [0.4, 0.5) is 0 Å². The van der Waals surface area contributed by atoms with E-state index in [4.69, 9.17) is 9.57 Å². The Balaban J connectivity index is 1.55. The predicted molar refractivity (Wildman–Crippen MR) is 166 cm³/mol. The number of hydrogen-bond acceptors (Lipinski definition) is 7. The van der Waals surface area contributed by atoms with Crippen molar-refractivity contribution in [1.29, 1.82) is 0 Å². The molecule has 0 radical (unpaired) electrons. The summed E-state index contributed by atoms with van der Waals surface area (Å²) in [6.07, 6.45) is 2.00. The van der Waals surface area contributed by atoms with Crippen LogP contribution in [0.15, 0.2) is 54.6 Å². The fraction of sp³-hybridized carbons (Fsp3) is 0.343. The summed E-state index contributed by atoms with van der Waals surface area (Å²) in [5, 5.41) is 2.14. The second kappa shape index (κ2) is 12.9. The van der Waals surface area contributed by atoms with E-state index in [0.717, 1.165) is 59.8 Å². The maximum absolute atomic E-state index is 14.2. The lowest BCUT2D eigenvalue weighted by molar-refractivity contribution is -0.645. The predicted octanol–water partition coefficient (Wildman–Crippen LogP) is 5.59. The van der Waals surface area contributed by atoms with Crippen molar-refractivity contribution in [2.45, 2.75) is 66.5 Å². The van der Waals surface area contributed by atoms with Gasteiger partial charge in [0, 0.05) is 37.9 Å². The van der Waals surface area contributed by atoms with Crippen LogP contribution in [0.1, 0.15) is 76.9 Å². The molecular weight excluding hydrogens is 558 g/mol. The number of para-hydroxylation sites is 1. The molecule has 5 rings (SSSR count). The summed E-state index contributed by atoms with van der Waals surface area (Å²) in [4.78, 5) is 58.1. The van der Waals surface area contributed by atoms with Gasteiger partial charge in [0.05, 0.1) is 21.9 Å². The van der Waals surface area contributed by atoms with Crippen molar-refractivity contribution in [1.82, 2.24) is 9.96 Å². The number of nitrogens with zero attached hydrogens (tertiary/aromatic N) is 3. The van der Waals surface area contributed by atoms with E-state index < -0.39 is 23.8 Å². The van der Waals surface area contributed by atoms with Crippen LogP contribution < -0.4 is 9.30 Å². The molecule has 1 saturated heterocycles. The quantitative estimate of drug-likeness (QED) is 0.0774. The van der Waals surface area contributed by atoms with Gasteiger partial charge in [0.1, 0.15) is 12.3 Å². The number of fused-ring (bicyclic) bond motifs is 2. The van der Waals surface area contributed by atoms with E-state index in [2.05, 4.69) is 48.6 Å². The second-order valence-corrected chi connectivity index (χ2v) is 11.4. The molecular formula is C35H38N3O6+. The molecule has 1 aliphatic rings. The van der Waals surface area contributed by atoms with Crippen molar-refractivity contribution in [3.8, 4) is 5.75 Å². The topological polar surface area (TPSA) is 97.1 Å². The van der Waals surface area contributed by atoms with E-state index in [0.29, 0.717) is 27.5 Å². The van der Waals surface area contributed by atoms with Crippen molar-refractivity contribution in [3.05, 3.63) is 82.4 Å². The molecule has 1 aliphatic heterocycles. The zero-order chi connectivity index (χ0) is 31.5. The van der Waals surface area contributed by atoms with Crippen LogP contribution in [0.3, 0.4) is 0 Å². The maximum Gasteiger partial charge on any atom is 0.363 e. The number of rotatable bonds is 10.